The first kappa shape index (κ1) is 30.1. The van der Waals surface area contributed by atoms with Crippen LogP contribution >= 0.6 is 23.2 Å². The van der Waals surface area contributed by atoms with Gasteiger partial charge in [0, 0.05) is 23.2 Å². The number of hydrogen-bond acceptors (Lipinski definition) is 6. The molecule has 0 bridgehead atoms. The van der Waals surface area contributed by atoms with Gasteiger partial charge < -0.3 is 9.47 Å². The van der Waals surface area contributed by atoms with Crippen LogP contribution in [0.25, 0.3) is 0 Å². The lowest BCUT2D eigenvalue weighted by Crippen LogP contribution is -2.51. The van der Waals surface area contributed by atoms with Gasteiger partial charge in [0.25, 0.3) is 5.91 Å². The number of carbonyl (C=O) groups excluding carboxylic acids is 1. The van der Waals surface area contributed by atoms with E-state index >= 15 is 0 Å². The van der Waals surface area contributed by atoms with Gasteiger partial charge in [0.05, 0.1) is 30.1 Å². The molecule has 39 heavy (non-hydrogen) atoms. The molecule has 4 rings (SSSR count). The number of rotatable bonds is 11. The Balaban J connectivity index is 1.43. The van der Waals surface area contributed by atoms with E-state index in [2.05, 4.69) is 11.8 Å². The highest BCUT2D eigenvalue weighted by Gasteiger charge is 2.37. The van der Waals surface area contributed by atoms with Crippen LogP contribution in [-0.4, -0.2) is 58.4 Å². The van der Waals surface area contributed by atoms with Crippen LogP contribution in [-0.2, 0) is 20.3 Å². The second-order valence-electron chi connectivity index (χ2n) is 10.6. The van der Waals surface area contributed by atoms with Crippen molar-refractivity contribution in [3.63, 3.8) is 0 Å². The first-order valence-corrected chi connectivity index (χ1v) is 15.6. The molecule has 1 aliphatic heterocycles. The lowest BCUT2D eigenvalue weighted by atomic mass is 9.86. The number of nitrogens with one attached hydrogen (secondary N) is 1. The van der Waals surface area contributed by atoms with E-state index in [0.29, 0.717) is 29.0 Å². The van der Waals surface area contributed by atoms with Crippen molar-refractivity contribution in [2.75, 3.05) is 39.2 Å². The fourth-order valence-corrected chi connectivity index (χ4v) is 6.22. The lowest BCUT2D eigenvalue weighted by molar-refractivity contribution is -0.00666. The van der Waals surface area contributed by atoms with Crippen LogP contribution in [0, 0.1) is 11.7 Å². The lowest BCUT2D eigenvalue weighted by Gasteiger charge is -2.45. The molecule has 1 heterocycles. The van der Waals surface area contributed by atoms with Crippen molar-refractivity contribution in [1.29, 1.82) is 0 Å². The number of sulfonamides is 1. The molecule has 2 aromatic carbocycles. The van der Waals surface area contributed by atoms with Crippen molar-refractivity contribution in [3.8, 4) is 5.75 Å². The first-order chi connectivity index (χ1) is 18.5. The molecular formula is C28H35Cl2FN2O5S. The normalized spacial score (nSPS) is 18.5. The number of piperidine rings is 1. The van der Waals surface area contributed by atoms with E-state index in [1.807, 2.05) is 16.9 Å². The largest absolute Gasteiger partial charge is 0.493 e. The van der Waals surface area contributed by atoms with Gasteiger partial charge in [0.15, 0.2) is 0 Å². The molecule has 1 aliphatic carbocycles. The number of halogens is 3. The second kappa shape index (κ2) is 12.3. The minimum absolute atomic E-state index is 0.177. The Kier molecular flexibility index (Phi) is 9.49. The molecule has 11 heteroatoms. The van der Waals surface area contributed by atoms with E-state index in [1.165, 1.54) is 19.1 Å². The minimum Gasteiger partial charge on any atom is -0.493 e. The Morgan fingerprint density at radius 1 is 1.10 bits per heavy atom. The fraction of sp³-hybridized carbons (Fsp3) is 0.536. The van der Waals surface area contributed by atoms with E-state index in [4.69, 9.17) is 32.7 Å². The molecule has 1 amide bonds. The van der Waals surface area contributed by atoms with Gasteiger partial charge in [-0.05, 0) is 99.8 Å². The molecule has 1 saturated heterocycles. The SMILES string of the molecule is CCS(=O)(=O)NC(=O)c1cc(C2CC2)c(OCC2CCN([C@@](C)(COC)c3cc(Cl)cc(Cl)c3)CC2)cc1F. The average Bonchev–Trinajstić information content (AvgIpc) is 3.72. The molecular weight excluding hydrogens is 566 g/mol. The third-order valence-corrected chi connectivity index (χ3v) is 9.38. The number of amides is 1. The fourth-order valence-electron chi connectivity index (χ4n) is 5.16. The maximum Gasteiger partial charge on any atom is 0.267 e. The van der Waals surface area contributed by atoms with E-state index < -0.39 is 27.3 Å². The summed E-state index contributed by atoms with van der Waals surface area (Å²) in [5.41, 5.74) is 1.06. The zero-order chi connectivity index (χ0) is 28.4. The van der Waals surface area contributed by atoms with Gasteiger partial charge in [0.2, 0.25) is 10.0 Å². The smallest absolute Gasteiger partial charge is 0.267 e. The zero-order valence-electron chi connectivity index (χ0n) is 22.4. The van der Waals surface area contributed by atoms with Crippen molar-refractivity contribution in [2.24, 2.45) is 5.92 Å². The monoisotopic (exact) mass is 600 g/mol. The maximum atomic E-state index is 14.9. The molecule has 1 saturated carbocycles. The Bertz CT molecular complexity index is 1290. The van der Waals surface area contributed by atoms with E-state index in [0.717, 1.165) is 49.9 Å². The standard InChI is InChI=1S/C28H35Cl2FN2O5S/c1-4-39(35,36)32-27(34)24-14-23(19-5-6-19)26(15-25(24)31)38-16-18-7-9-33(10-8-18)28(2,17-37-3)20-11-21(29)13-22(30)12-20/h11-15,18-19H,4-10,16-17H2,1-3H3,(H,32,34)/t28-/m0/s1. The summed E-state index contributed by atoms with van der Waals surface area (Å²) in [5.74, 6) is -1.17. The average molecular weight is 602 g/mol. The second-order valence-corrected chi connectivity index (χ2v) is 13.5. The molecule has 2 fully saturated rings. The van der Waals surface area contributed by atoms with Crippen LogP contribution in [0.1, 0.15) is 66.9 Å². The van der Waals surface area contributed by atoms with Crippen molar-refractivity contribution >= 4 is 39.1 Å². The summed E-state index contributed by atoms with van der Waals surface area (Å²) in [6.07, 6.45) is 3.59. The van der Waals surface area contributed by atoms with Crippen molar-refractivity contribution in [1.82, 2.24) is 9.62 Å². The van der Waals surface area contributed by atoms with Gasteiger partial charge in [-0.2, -0.15) is 0 Å². The van der Waals surface area contributed by atoms with Crippen LogP contribution in [0.4, 0.5) is 4.39 Å². The third kappa shape index (κ3) is 7.24. The number of benzene rings is 2. The van der Waals surface area contributed by atoms with E-state index in [-0.39, 0.29) is 23.2 Å². The highest BCUT2D eigenvalue weighted by atomic mass is 35.5. The summed E-state index contributed by atoms with van der Waals surface area (Å²) in [4.78, 5) is 14.8. The summed E-state index contributed by atoms with van der Waals surface area (Å²) in [7, 11) is -2.12. The number of likely N-dealkylation sites (tertiary alicyclic amines) is 1. The summed E-state index contributed by atoms with van der Waals surface area (Å²) in [6.45, 7) is 6.07. The maximum absolute atomic E-state index is 14.9. The predicted octanol–water partition coefficient (Wildman–Crippen LogP) is 5.74. The van der Waals surface area contributed by atoms with Crippen LogP contribution in [0.3, 0.4) is 0 Å². The van der Waals surface area contributed by atoms with Crippen molar-refractivity contribution in [2.45, 2.75) is 51.0 Å². The molecule has 1 atom stereocenters. The Morgan fingerprint density at radius 3 is 2.31 bits per heavy atom. The topological polar surface area (TPSA) is 84.9 Å². The summed E-state index contributed by atoms with van der Waals surface area (Å²) in [5, 5.41) is 1.16. The molecule has 214 valence electrons. The zero-order valence-corrected chi connectivity index (χ0v) is 24.8. The number of carbonyl (C=O) groups is 1. The Hall–Kier alpha value is -1.91. The summed E-state index contributed by atoms with van der Waals surface area (Å²) < 4.78 is 52.2. The number of hydrogen-bond donors (Lipinski definition) is 1. The third-order valence-electron chi connectivity index (χ3n) is 7.69. The molecule has 0 unspecified atom stereocenters. The highest BCUT2D eigenvalue weighted by Crippen LogP contribution is 2.45. The van der Waals surface area contributed by atoms with Crippen LogP contribution < -0.4 is 9.46 Å². The van der Waals surface area contributed by atoms with Crippen molar-refractivity contribution in [3.05, 3.63) is 62.9 Å². The Labute approximate surface area is 240 Å². The van der Waals surface area contributed by atoms with E-state index in [9.17, 15) is 17.6 Å². The van der Waals surface area contributed by atoms with Gasteiger partial charge in [0.1, 0.15) is 11.6 Å². The Morgan fingerprint density at radius 2 is 1.74 bits per heavy atom. The van der Waals surface area contributed by atoms with Crippen molar-refractivity contribution < 1.29 is 27.1 Å². The minimum atomic E-state index is -3.80. The van der Waals surface area contributed by atoms with Gasteiger partial charge in [-0.3, -0.25) is 9.69 Å². The molecule has 2 aliphatic rings. The molecule has 0 aromatic heterocycles. The number of methoxy groups -OCH3 is 1. The quantitative estimate of drug-likeness (QED) is 0.354. The first-order valence-electron chi connectivity index (χ1n) is 13.2. The molecule has 0 radical (unpaired) electrons. The van der Waals surface area contributed by atoms with Crippen LogP contribution in [0.5, 0.6) is 5.75 Å². The molecule has 1 N–H and O–H groups in total. The molecule has 0 spiro atoms. The number of ether oxygens (including phenoxy) is 2. The van der Waals surface area contributed by atoms with E-state index in [1.54, 1.807) is 13.2 Å². The number of nitrogens with zero attached hydrogens (tertiary/aromatic N) is 1. The predicted molar refractivity (Wildman–Crippen MR) is 151 cm³/mol. The summed E-state index contributed by atoms with van der Waals surface area (Å²) >= 11 is 12.6. The molecule has 2 aromatic rings. The highest BCUT2D eigenvalue weighted by molar-refractivity contribution is 7.90. The van der Waals surface area contributed by atoms with Crippen LogP contribution in [0.15, 0.2) is 30.3 Å². The summed E-state index contributed by atoms with van der Waals surface area (Å²) in [6, 6.07) is 8.23. The van der Waals surface area contributed by atoms with Gasteiger partial charge in [-0.15, -0.1) is 0 Å². The van der Waals surface area contributed by atoms with Gasteiger partial charge >= 0.3 is 0 Å². The van der Waals surface area contributed by atoms with Gasteiger partial charge in [-0.1, -0.05) is 23.2 Å². The molecule has 7 nitrogen and oxygen atoms in total. The van der Waals surface area contributed by atoms with Gasteiger partial charge in [-0.25, -0.2) is 17.5 Å². The van der Waals surface area contributed by atoms with Crippen LogP contribution in [0.2, 0.25) is 10.0 Å².